The number of hydrogen-bond acceptors (Lipinski definition) is 5. The Hall–Kier alpha value is -2.02. The third kappa shape index (κ3) is 3.02. The summed E-state index contributed by atoms with van der Waals surface area (Å²) in [5.74, 6) is 0.995. The van der Waals surface area contributed by atoms with Crippen molar-refractivity contribution in [2.24, 2.45) is 0 Å². The molecule has 6 nitrogen and oxygen atoms in total. The van der Waals surface area contributed by atoms with Gasteiger partial charge in [0.05, 0.1) is 11.7 Å². The first-order valence-electron chi connectivity index (χ1n) is 6.89. The van der Waals surface area contributed by atoms with Crippen molar-refractivity contribution in [3.05, 3.63) is 44.5 Å². The molecule has 1 N–H and O–H groups in total. The van der Waals surface area contributed by atoms with Gasteiger partial charge >= 0.3 is 0 Å². The van der Waals surface area contributed by atoms with Gasteiger partial charge in [-0.3, -0.25) is 14.6 Å². The van der Waals surface area contributed by atoms with Crippen molar-refractivity contribution in [2.75, 3.05) is 13.1 Å². The second kappa shape index (κ2) is 5.77. The number of H-pyrrole nitrogens is 1. The van der Waals surface area contributed by atoms with Crippen LogP contribution in [0.1, 0.15) is 39.9 Å². The largest absolute Gasteiger partial charge is 0.338 e. The Kier molecular flexibility index (Phi) is 3.83. The number of nitrogens with one attached hydrogen (secondary N) is 1. The number of piperidine rings is 1. The Morgan fingerprint density at radius 1 is 1.43 bits per heavy atom. The van der Waals surface area contributed by atoms with E-state index in [2.05, 4.69) is 15.0 Å². The second-order valence-corrected chi connectivity index (χ2v) is 6.09. The minimum Gasteiger partial charge on any atom is -0.338 e. The molecular weight excluding hydrogens is 288 g/mol. The smallest absolute Gasteiger partial charge is 0.265 e. The zero-order valence-corrected chi connectivity index (χ0v) is 12.5. The first-order valence-corrected chi connectivity index (χ1v) is 7.77. The molecule has 1 aliphatic heterocycles. The highest BCUT2D eigenvalue weighted by Gasteiger charge is 2.26. The van der Waals surface area contributed by atoms with E-state index in [4.69, 9.17) is 0 Å². The van der Waals surface area contributed by atoms with Crippen LogP contribution in [0.25, 0.3) is 0 Å². The molecule has 110 valence electrons. The van der Waals surface area contributed by atoms with E-state index in [9.17, 15) is 9.59 Å². The molecule has 7 heteroatoms. The molecule has 0 aromatic carbocycles. The van der Waals surface area contributed by atoms with Crippen LogP contribution < -0.4 is 5.56 Å². The lowest BCUT2D eigenvalue weighted by Gasteiger charge is -2.31. The van der Waals surface area contributed by atoms with Crippen molar-refractivity contribution >= 4 is 17.2 Å². The highest BCUT2D eigenvalue weighted by molar-refractivity contribution is 7.11. The quantitative estimate of drug-likeness (QED) is 0.913. The molecule has 1 aliphatic rings. The number of aryl methyl sites for hydroxylation is 1. The fourth-order valence-corrected chi connectivity index (χ4v) is 3.22. The maximum atomic E-state index is 12.2. The summed E-state index contributed by atoms with van der Waals surface area (Å²) in [5.41, 5.74) is 2.29. The lowest BCUT2D eigenvalue weighted by molar-refractivity contribution is 0.0715. The van der Waals surface area contributed by atoms with Gasteiger partial charge in [-0.15, -0.1) is 11.3 Å². The zero-order valence-electron chi connectivity index (χ0n) is 11.7. The van der Waals surface area contributed by atoms with E-state index < -0.39 is 0 Å². The summed E-state index contributed by atoms with van der Waals surface area (Å²) in [6.07, 6.45) is 3.24. The van der Waals surface area contributed by atoms with E-state index in [0.29, 0.717) is 18.0 Å². The molecule has 21 heavy (non-hydrogen) atoms. The number of amides is 1. The minimum absolute atomic E-state index is 0.0432. The van der Waals surface area contributed by atoms with Crippen LogP contribution in [0.5, 0.6) is 0 Å². The van der Waals surface area contributed by atoms with Crippen molar-refractivity contribution in [3.8, 4) is 0 Å². The number of rotatable bonds is 2. The maximum Gasteiger partial charge on any atom is 0.265 e. The SMILES string of the molecule is Cc1cc(=O)[nH]c(C2CCN(C(=O)c3cncs3)CC2)n1. The number of carbonyl (C=O) groups is 1. The molecule has 1 saturated heterocycles. The predicted octanol–water partition coefficient (Wildman–Crippen LogP) is 1.55. The van der Waals surface area contributed by atoms with Crippen molar-refractivity contribution in [1.82, 2.24) is 19.9 Å². The lowest BCUT2D eigenvalue weighted by Crippen LogP contribution is -2.38. The molecule has 3 rings (SSSR count). The number of carbonyl (C=O) groups excluding carboxylic acids is 1. The normalized spacial score (nSPS) is 16.1. The molecule has 0 unspecified atom stereocenters. The van der Waals surface area contributed by atoms with E-state index >= 15 is 0 Å². The van der Waals surface area contributed by atoms with Crippen LogP contribution >= 0.6 is 11.3 Å². The van der Waals surface area contributed by atoms with E-state index in [1.165, 1.54) is 17.4 Å². The lowest BCUT2D eigenvalue weighted by atomic mass is 9.95. The molecule has 1 amide bonds. The Labute approximate surface area is 125 Å². The van der Waals surface area contributed by atoms with Crippen LogP contribution in [-0.2, 0) is 0 Å². The van der Waals surface area contributed by atoms with Crippen molar-refractivity contribution in [1.29, 1.82) is 0 Å². The topological polar surface area (TPSA) is 79.0 Å². The number of nitrogens with zero attached hydrogens (tertiary/aromatic N) is 3. The van der Waals surface area contributed by atoms with Crippen LogP contribution in [0.4, 0.5) is 0 Å². The van der Waals surface area contributed by atoms with Gasteiger partial charge in [-0.05, 0) is 19.8 Å². The van der Waals surface area contributed by atoms with Crippen LogP contribution in [0, 0.1) is 6.92 Å². The standard InChI is InChI=1S/C14H16N4O2S/c1-9-6-12(19)17-13(16-9)10-2-4-18(5-3-10)14(20)11-7-15-8-21-11/h6-8,10H,2-5H2,1H3,(H,16,17,19). The van der Waals surface area contributed by atoms with Gasteiger partial charge in [0.15, 0.2) is 0 Å². The van der Waals surface area contributed by atoms with Crippen LogP contribution in [-0.4, -0.2) is 38.8 Å². The van der Waals surface area contributed by atoms with Gasteiger partial charge < -0.3 is 9.88 Å². The second-order valence-electron chi connectivity index (χ2n) is 5.20. The van der Waals surface area contributed by atoms with Crippen LogP contribution in [0.15, 0.2) is 22.6 Å². The summed E-state index contributed by atoms with van der Waals surface area (Å²) in [6.45, 7) is 3.18. The molecule has 0 saturated carbocycles. The van der Waals surface area contributed by atoms with Gasteiger partial charge in [0.25, 0.3) is 11.5 Å². The minimum atomic E-state index is -0.110. The Balaban J connectivity index is 1.67. The molecular formula is C14H16N4O2S. The number of thiazole rings is 1. The highest BCUT2D eigenvalue weighted by atomic mass is 32.1. The summed E-state index contributed by atoms with van der Waals surface area (Å²) in [5, 5.41) is 0. The Morgan fingerprint density at radius 2 is 2.19 bits per heavy atom. The molecule has 0 radical (unpaired) electrons. The van der Waals surface area contributed by atoms with Crippen molar-refractivity contribution in [2.45, 2.75) is 25.7 Å². The van der Waals surface area contributed by atoms with Crippen LogP contribution in [0.3, 0.4) is 0 Å². The number of aromatic amines is 1. The van der Waals surface area contributed by atoms with Gasteiger partial charge in [-0.1, -0.05) is 0 Å². The third-order valence-corrected chi connectivity index (χ3v) is 4.46. The molecule has 0 bridgehead atoms. The third-order valence-electron chi connectivity index (χ3n) is 3.70. The maximum absolute atomic E-state index is 12.2. The average Bonchev–Trinajstić information content (AvgIpc) is 3.00. The fraction of sp³-hybridized carbons (Fsp3) is 0.429. The molecule has 3 heterocycles. The zero-order chi connectivity index (χ0) is 14.8. The van der Waals surface area contributed by atoms with Gasteiger partial charge in [0.1, 0.15) is 10.7 Å². The molecule has 0 spiro atoms. The van der Waals surface area contributed by atoms with E-state index in [-0.39, 0.29) is 17.4 Å². The van der Waals surface area contributed by atoms with E-state index in [1.54, 1.807) is 11.7 Å². The van der Waals surface area contributed by atoms with Gasteiger partial charge in [-0.25, -0.2) is 4.98 Å². The predicted molar refractivity (Wildman–Crippen MR) is 79.6 cm³/mol. The van der Waals surface area contributed by atoms with Gasteiger partial charge in [0, 0.05) is 30.8 Å². The highest BCUT2D eigenvalue weighted by Crippen LogP contribution is 2.26. The Bertz CT molecular complexity index is 687. The molecule has 2 aromatic rings. The summed E-state index contributed by atoms with van der Waals surface area (Å²) >= 11 is 1.36. The van der Waals surface area contributed by atoms with Crippen LogP contribution in [0.2, 0.25) is 0 Å². The van der Waals surface area contributed by atoms with E-state index in [1.807, 2.05) is 11.8 Å². The first kappa shape index (κ1) is 13.9. The number of likely N-dealkylation sites (tertiary alicyclic amines) is 1. The van der Waals surface area contributed by atoms with Gasteiger partial charge in [-0.2, -0.15) is 0 Å². The fourth-order valence-electron chi connectivity index (χ4n) is 2.63. The number of hydrogen-bond donors (Lipinski definition) is 1. The summed E-state index contributed by atoms with van der Waals surface area (Å²) in [6, 6.07) is 1.49. The molecule has 0 atom stereocenters. The van der Waals surface area contributed by atoms with Crippen molar-refractivity contribution < 1.29 is 4.79 Å². The first-order chi connectivity index (χ1) is 10.1. The molecule has 1 fully saturated rings. The van der Waals surface area contributed by atoms with Crippen molar-refractivity contribution in [3.63, 3.8) is 0 Å². The van der Waals surface area contributed by atoms with E-state index in [0.717, 1.165) is 24.4 Å². The monoisotopic (exact) mass is 304 g/mol. The average molecular weight is 304 g/mol. The Morgan fingerprint density at radius 3 is 2.81 bits per heavy atom. The summed E-state index contributed by atoms with van der Waals surface area (Å²) in [7, 11) is 0. The van der Waals surface area contributed by atoms with Gasteiger partial charge in [0.2, 0.25) is 0 Å². The molecule has 0 aliphatic carbocycles. The summed E-state index contributed by atoms with van der Waals surface area (Å²) in [4.78, 5) is 37.4. The number of aromatic nitrogens is 3. The summed E-state index contributed by atoms with van der Waals surface area (Å²) < 4.78 is 0. The molecule has 2 aromatic heterocycles.